The summed E-state index contributed by atoms with van der Waals surface area (Å²) in [5.41, 5.74) is 2.25. The Bertz CT molecular complexity index is 1460. The van der Waals surface area contributed by atoms with Gasteiger partial charge in [0.1, 0.15) is 5.57 Å². The molecule has 1 atom stereocenters. The molecule has 1 spiro atoms. The highest BCUT2D eigenvalue weighted by Crippen LogP contribution is 2.44. The highest BCUT2D eigenvalue weighted by molar-refractivity contribution is 7.90. The maximum absolute atomic E-state index is 13.0. The van der Waals surface area contributed by atoms with E-state index in [0.717, 1.165) is 24.8 Å². The van der Waals surface area contributed by atoms with Crippen LogP contribution < -0.4 is 0 Å². The number of aliphatic hydroxyl groups excluding tert-OH is 1. The Morgan fingerprint density at radius 3 is 2.70 bits per heavy atom. The van der Waals surface area contributed by atoms with E-state index in [0.29, 0.717) is 46.8 Å². The molecule has 2 aromatic rings. The van der Waals surface area contributed by atoms with E-state index in [1.165, 1.54) is 12.1 Å². The number of halogens is 2. The summed E-state index contributed by atoms with van der Waals surface area (Å²) < 4.78 is 29.8. The van der Waals surface area contributed by atoms with Gasteiger partial charge in [0.2, 0.25) is 0 Å². The van der Waals surface area contributed by atoms with Crippen LogP contribution in [0.3, 0.4) is 0 Å². The van der Waals surface area contributed by atoms with E-state index in [9.17, 15) is 18.3 Å². The summed E-state index contributed by atoms with van der Waals surface area (Å²) in [5.74, 6) is -0.713. The lowest BCUT2D eigenvalue weighted by Gasteiger charge is -2.39. The first kappa shape index (κ1) is 28.7. The molecule has 37 heavy (non-hydrogen) atoms. The Hall–Kier alpha value is -2.83. The van der Waals surface area contributed by atoms with Gasteiger partial charge in [0.25, 0.3) is 0 Å². The van der Waals surface area contributed by atoms with E-state index in [2.05, 4.69) is 4.90 Å². The molecule has 1 N–H and O–H groups in total. The molecular formula is C27H28Cl2N2O5S. The van der Waals surface area contributed by atoms with Gasteiger partial charge >= 0.3 is 5.97 Å². The van der Waals surface area contributed by atoms with Crippen molar-refractivity contribution in [2.24, 2.45) is 0 Å². The number of carbonyl (C=O) groups is 1. The van der Waals surface area contributed by atoms with Crippen LogP contribution >= 0.6 is 24.0 Å². The lowest BCUT2D eigenvalue weighted by atomic mass is 9.87. The molecule has 10 heteroatoms. The molecule has 7 nitrogen and oxygen atoms in total. The molecule has 0 aromatic heterocycles. The van der Waals surface area contributed by atoms with Crippen molar-refractivity contribution in [1.82, 2.24) is 4.90 Å². The van der Waals surface area contributed by atoms with Crippen molar-refractivity contribution in [1.29, 1.82) is 5.26 Å². The van der Waals surface area contributed by atoms with Crippen LogP contribution in [0.5, 0.6) is 0 Å². The fourth-order valence-electron chi connectivity index (χ4n) is 4.93. The second-order valence-electron chi connectivity index (χ2n) is 9.49. The Kier molecular flexibility index (Phi) is 8.45. The van der Waals surface area contributed by atoms with E-state index < -0.39 is 21.4 Å². The summed E-state index contributed by atoms with van der Waals surface area (Å²) in [6, 6.07) is 11.9. The fraction of sp³-hybridized carbons (Fsp3) is 0.333. The zero-order valence-corrected chi connectivity index (χ0v) is 23.1. The van der Waals surface area contributed by atoms with Crippen molar-refractivity contribution in [2.45, 2.75) is 37.2 Å². The summed E-state index contributed by atoms with van der Waals surface area (Å²) in [4.78, 5) is 15.3. The normalized spacial score (nSPS) is 20.5. The average molecular weight is 564 g/mol. The third kappa shape index (κ3) is 5.70. The number of likely N-dealkylation sites (tertiary alicyclic amines) is 1. The standard InChI is InChI=1S/C27H27ClN2O5S.ClH/c1-17(8-10-29)15-30-11-5-9-27(16-30)25(31)24(26(32)35-27)21-14-23(28)22(12-18(21)2)19-6-4-7-20(13-19)36(3,33)34;/h4,6-8,12-14,31H,5,9,11,15-16H2,1-3H3;1H/b17-8-;. The first-order valence-corrected chi connectivity index (χ1v) is 13.8. The average Bonchev–Trinajstić information content (AvgIpc) is 3.03. The summed E-state index contributed by atoms with van der Waals surface area (Å²) in [6.07, 6.45) is 3.85. The summed E-state index contributed by atoms with van der Waals surface area (Å²) in [7, 11) is -3.39. The SMILES string of the molecule is C/C(=C/C#N)CN1CCCC2(C1)OC(=O)C(c1cc(Cl)c(-c3cccc(S(C)(=O)=O)c3)cc1C)=C2O.Cl. The quantitative estimate of drug-likeness (QED) is 0.390. The molecule has 0 saturated carbocycles. The minimum atomic E-state index is -3.39. The van der Waals surface area contributed by atoms with E-state index in [-0.39, 0.29) is 28.6 Å². The number of allylic oxidation sites excluding steroid dienone is 1. The minimum absolute atomic E-state index is 0. The molecule has 0 radical (unpaired) electrons. The first-order valence-electron chi connectivity index (χ1n) is 11.5. The lowest BCUT2D eigenvalue weighted by Crippen LogP contribution is -2.50. The molecule has 4 rings (SSSR count). The monoisotopic (exact) mass is 562 g/mol. The number of nitrogens with zero attached hydrogens (tertiary/aromatic N) is 2. The smallest absolute Gasteiger partial charge is 0.343 e. The molecular weight excluding hydrogens is 535 g/mol. The number of carbonyl (C=O) groups excluding carboxylic acids is 1. The second-order valence-corrected chi connectivity index (χ2v) is 11.9. The van der Waals surface area contributed by atoms with Crippen molar-refractivity contribution in [3.63, 3.8) is 0 Å². The Morgan fingerprint density at radius 1 is 1.30 bits per heavy atom. The molecule has 0 amide bonds. The van der Waals surface area contributed by atoms with Gasteiger partial charge in [-0.15, -0.1) is 12.4 Å². The molecule has 2 aliphatic rings. The summed E-state index contributed by atoms with van der Waals surface area (Å²) in [6.45, 7) is 5.31. The predicted molar refractivity (Wildman–Crippen MR) is 145 cm³/mol. The predicted octanol–water partition coefficient (Wildman–Crippen LogP) is 5.27. The minimum Gasteiger partial charge on any atom is -0.507 e. The third-order valence-electron chi connectivity index (χ3n) is 6.64. The van der Waals surface area contributed by atoms with Gasteiger partial charge in [0, 0.05) is 36.0 Å². The number of benzene rings is 2. The van der Waals surface area contributed by atoms with Crippen LogP contribution in [0.4, 0.5) is 0 Å². The van der Waals surface area contributed by atoms with Crippen molar-refractivity contribution >= 4 is 45.4 Å². The number of rotatable bonds is 5. The number of piperidine rings is 1. The van der Waals surface area contributed by atoms with Crippen molar-refractivity contribution in [2.75, 3.05) is 25.9 Å². The van der Waals surface area contributed by atoms with E-state index in [1.807, 2.05) is 13.0 Å². The van der Waals surface area contributed by atoms with Crippen molar-refractivity contribution < 1.29 is 23.1 Å². The molecule has 0 aliphatic carbocycles. The molecule has 2 aliphatic heterocycles. The van der Waals surface area contributed by atoms with Crippen molar-refractivity contribution in [3.8, 4) is 17.2 Å². The molecule has 0 bridgehead atoms. The molecule has 196 valence electrons. The largest absolute Gasteiger partial charge is 0.507 e. The second kappa shape index (κ2) is 10.9. The number of aryl methyl sites for hydroxylation is 1. The molecule has 2 aromatic carbocycles. The van der Waals surface area contributed by atoms with E-state index >= 15 is 0 Å². The lowest BCUT2D eigenvalue weighted by molar-refractivity contribution is -0.151. The summed E-state index contributed by atoms with van der Waals surface area (Å²) in [5, 5.41) is 20.5. The molecule has 1 fully saturated rings. The zero-order valence-electron chi connectivity index (χ0n) is 20.7. The first-order chi connectivity index (χ1) is 16.9. The number of hydrogen-bond acceptors (Lipinski definition) is 7. The van der Waals surface area contributed by atoms with Crippen LogP contribution in [0, 0.1) is 18.3 Å². The van der Waals surface area contributed by atoms with Gasteiger partial charge < -0.3 is 9.84 Å². The van der Waals surface area contributed by atoms with Crippen LogP contribution in [-0.2, 0) is 19.4 Å². The van der Waals surface area contributed by atoms with Gasteiger partial charge in [-0.1, -0.05) is 23.7 Å². The van der Waals surface area contributed by atoms with Gasteiger partial charge in [0.15, 0.2) is 21.2 Å². The van der Waals surface area contributed by atoms with Crippen LogP contribution in [-0.4, -0.2) is 55.9 Å². The summed E-state index contributed by atoms with van der Waals surface area (Å²) >= 11 is 6.62. The Morgan fingerprint density at radius 2 is 2.03 bits per heavy atom. The van der Waals surface area contributed by atoms with E-state index in [1.54, 1.807) is 37.3 Å². The number of esters is 1. The number of aliphatic hydroxyl groups is 1. The van der Waals surface area contributed by atoms with E-state index in [4.69, 9.17) is 21.6 Å². The highest BCUT2D eigenvalue weighted by Gasteiger charge is 2.51. The molecule has 1 unspecified atom stereocenters. The van der Waals surface area contributed by atoms with Gasteiger partial charge in [0.05, 0.1) is 11.0 Å². The van der Waals surface area contributed by atoms with Crippen LogP contribution in [0.1, 0.15) is 30.9 Å². The maximum atomic E-state index is 13.0. The number of sulfone groups is 1. The third-order valence-corrected chi connectivity index (χ3v) is 8.06. The maximum Gasteiger partial charge on any atom is 0.343 e. The van der Waals surface area contributed by atoms with Gasteiger partial charge in [-0.3, -0.25) is 4.90 Å². The molecule has 2 heterocycles. The topological polar surface area (TPSA) is 108 Å². The fourth-order valence-corrected chi connectivity index (χ4v) is 5.87. The Balaban J connectivity index is 0.00000380. The van der Waals surface area contributed by atoms with Crippen LogP contribution in [0.25, 0.3) is 16.7 Å². The van der Waals surface area contributed by atoms with Gasteiger partial charge in [-0.2, -0.15) is 5.26 Å². The van der Waals surface area contributed by atoms with Crippen LogP contribution in [0.15, 0.2) is 58.7 Å². The van der Waals surface area contributed by atoms with Crippen molar-refractivity contribution in [3.05, 3.63) is 70.0 Å². The molecule has 1 saturated heterocycles. The number of ether oxygens (including phenoxy) is 1. The van der Waals surface area contributed by atoms with Gasteiger partial charge in [-0.25, -0.2) is 13.2 Å². The Labute approximate surface area is 228 Å². The number of nitriles is 1. The number of hydrogen-bond donors (Lipinski definition) is 1. The van der Waals surface area contributed by atoms with Gasteiger partial charge in [-0.05, 0) is 79.8 Å². The van der Waals surface area contributed by atoms with Crippen LogP contribution in [0.2, 0.25) is 5.02 Å². The highest BCUT2D eigenvalue weighted by atomic mass is 35.5. The zero-order chi connectivity index (χ0) is 26.3.